The largest absolute Gasteiger partial charge is 0.467 e. The first-order valence-electron chi connectivity index (χ1n) is 7.28. The first-order valence-corrected chi connectivity index (χ1v) is 8.16. The Balaban J connectivity index is 1.75. The van der Waals surface area contributed by atoms with Crippen LogP contribution in [0.15, 0.2) is 5.38 Å². The highest BCUT2D eigenvalue weighted by molar-refractivity contribution is 7.10. The number of nitrogens with zero attached hydrogens (tertiary/aromatic N) is 1. The van der Waals surface area contributed by atoms with Crippen LogP contribution in [-0.2, 0) is 27.1 Å². The minimum atomic E-state index is -0.665. The lowest BCUT2D eigenvalue weighted by Crippen LogP contribution is -2.49. The Labute approximate surface area is 127 Å². The topological polar surface area (TPSA) is 55.8 Å². The van der Waals surface area contributed by atoms with Gasteiger partial charge in [-0.3, -0.25) is 4.79 Å². The van der Waals surface area contributed by atoms with Crippen LogP contribution in [0.1, 0.15) is 33.6 Å². The van der Waals surface area contributed by atoms with Crippen molar-refractivity contribution in [3.05, 3.63) is 21.4 Å². The normalized spacial score (nSPS) is 21.8. The van der Waals surface area contributed by atoms with Crippen molar-refractivity contribution in [1.82, 2.24) is 4.90 Å². The molecule has 5 nitrogen and oxygen atoms in total. The molecule has 1 aliphatic heterocycles. The van der Waals surface area contributed by atoms with Crippen molar-refractivity contribution in [3.63, 3.8) is 0 Å². The van der Waals surface area contributed by atoms with E-state index in [0.717, 1.165) is 24.8 Å². The zero-order chi connectivity index (χ0) is 14.8. The highest BCUT2D eigenvalue weighted by Gasteiger charge is 2.32. The minimum absolute atomic E-state index is 0.0200. The molecule has 1 fully saturated rings. The molecule has 1 aliphatic carbocycles. The molecule has 0 aromatic carbocycles. The molecule has 1 saturated heterocycles. The quantitative estimate of drug-likeness (QED) is 0.779. The fraction of sp³-hybridized carbons (Fsp3) is 0.600. The fourth-order valence-corrected chi connectivity index (χ4v) is 4.07. The van der Waals surface area contributed by atoms with Crippen LogP contribution < -0.4 is 0 Å². The molecule has 0 spiro atoms. The first kappa shape index (κ1) is 14.5. The summed E-state index contributed by atoms with van der Waals surface area (Å²) in [5.41, 5.74) is 2.04. The summed E-state index contributed by atoms with van der Waals surface area (Å²) < 4.78 is 10.1. The average molecular weight is 309 g/mol. The van der Waals surface area contributed by atoms with Crippen LogP contribution in [0.3, 0.4) is 0 Å². The van der Waals surface area contributed by atoms with E-state index in [9.17, 15) is 9.59 Å². The number of hydrogen-bond donors (Lipinski definition) is 0. The van der Waals surface area contributed by atoms with E-state index >= 15 is 0 Å². The van der Waals surface area contributed by atoms with E-state index in [1.54, 1.807) is 16.2 Å². The van der Waals surface area contributed by atoms with Gasteiger partial charge >= 0.3 is 5.97 Å². The molecule has 2 aliphatic rings. The van der Waals surface area contributed by atoms with Crippen LogP contribution in [-0.4, -0.2) is 49.7 Å². The van der Waals surface area contributed by atoms with Gasteiger partial charge in [-0.2, -0.15) is 0 Å². The Morgan fingerprint density at radius 3 is 3.00 bits per heavy atom. The molecule has 114 valence electrons. The van der Waals surface area contributed by atoms with Crippen LogP contribution >= 0.6 is 11.3 Å². The maximum Gasteiger partial charge on any atom is 0.336 e. The number of morpholine rings is 1. The average Bonchev–Trinajstić information content (AvgIpc) is 2.97. The standard InChI is InChI=1S/C15H19NO4S/c1-19-15(18)12-8-16(6-7-20-12)14(17)11-9-21-13-5-3-2-4-10(11)13/h9,12H,2-8H2,1H3. The predicted octanol–water partition coefficient (Wildman–Crippen LogP) is 1.64. The molecule has 1 aromatic rings. The molecule has 3 rings (SSSR count). The van der Waals surface area contributed by atoms with Crippen LogP contribution in [0.25, 0.3) is 0 Å². The molecule has 21 heavy (non-hydrogen) atoms. The van der Waals surface area contributed by atoms with Crippen LogP contribution in [0.2, 0.25) is 0 Å². The summed E-state index contributed by atoms with van der Waals surface area (Å²) in [6.45, 7) is 1.17. The number of amides is 1. The number of ether oxygens (including phenoxy) is 2. The molecule has 0 radical (unpaired) electrons. The van der Waals surface area contributed by atoms with Gasteiger partial charge in [0.15, 0.2) is 6.10 Å². The summed E-state index contributed by atoms with van der Waals surface area (Å²) in [5.74, 6) is -0.397. The van der Waals surface area contributed by atoms with E-state index in [1.165, 1.54) is 24.0 Å². The third-order valence-corrected chi connectivity index (χ3v) is 5.20. The third kappa shape index (κ3) is 2.82. The number of rotatable bonds is 2. The molecule has 1 unspecified atom stereocenters. The zero-order valence-corrected chi connectivity index (χ0v) is 12.9. The van der Waals surface area contributed by atoms with Gasteiger partial charge in [0, 0.05) is 16.8 Å². The molecule has 6 heteroatoms. The number of thiophene rings is 1. The molecule has 1 atom stereocenters. The van der Waals surface area contributed by atoms with Crippen LogP contribution in [0.5, 0.6) is 0 Å². The Hall–Kier alpha value is -1.40. The summed E-state index contributed by atoms with van der Waals surface area (Å²) in [6, 6.07) is 0. The van der Waals surface area contributed by atoms with Crippen LogP contribution in [0, 0.1) is 0 Å². The Kier molecular flexibility index (Phi) is 4.26. The van der Waals surface area contributed by atoms with E-state index in [0.29, 0.717) is 13.2 Å². The van der Waals surface area contributed by atoms with E-state index < -0.39 is 12.1 Å². The Bertz CT molecular complexity index is 554. The summed E-state index contributed by atoms with van der Waals surface area (Å²) >= 11 is 1.69. The second kappa shape index (κ2) is 6.15. The lowest BCUT2D eigenvalue weighted by molar-refractivity contribution is -0.158. The summed E-state index contributed by atoms with van der Waals surface area (Å²) in [4.78, 5) is 27.3. The van der Waals surface area contributed by atoms with Crippen molar-refractivity contribution in [3.8, 4) is 0 Å². The first-order chi connectivity index (χ1) is 10.2. The number of esters is 1. The maximum atomic E-state index is 12.7. The zero-order valence-electron chi connectivity index (χ0n) is 12.1. The van der Waals surface area contributed by atoms with Gasteiger partial charge in [-0.15, -0.1) is 11.3 Å². The third-order valence-electron chi connectivity index (χ3n) is 4.11. The maximum absolute atomic E-state index is 12.7. The smallest absolute Gasteiger partial charge is 0.336 e. The molecule has 2 heterocycles. The van der Waals surface area contributed by atoms with E-state index in [-0.39, 0.29) is 12.5 Å². The minimum Gasteiger partial charge on any atom is -0.467 e. The van der Waals surface area contributed by atoms with Crippen molar-refractivity contribution in [2.45, 2.75) is 31.8 Å². The molecular formula is C15H19NO4S. The highest BCUT2D eigenvalue weighted by Crippen LogP contribution is 2.31. The van der Waals surface area contributed by atoms with E-state index in [1.807, 2.05) is 5.38 Å². The second-order valence-electron chi connectivity index (χ2n) is 5.39. The molecule has 0 bridgehead atoms. The van der Waals surface area contributed by atoms with Gasteiger partial charge < -0.3 is 14.4 Å². The number of hydrogen-bond acceptors (Lipinski definition) is 5. The number of carbonyl (C=O) groups excluding carboxylic acids is 2. The van der Waals surface area contributed by atoms with E-state index in [2.05, 4.69) is 0 Å². The van der Waals surface area contributed by atoms with Crippen molar-refractivity contribution in [2.75, 3.05) is 26.8 Å². The number of aryl methyl sites for hydroxylation is 1. The molecular weight excluding hydrogens is 290 g/mol. The van der Waals surface area contributed by atoms with Gasteiger partial charge in [-0.1, -0.05) is 0 Å². The summed E-state index contributed by atoms with van der Waals surface area (Å²) in [5, 5.41) is 1.97. The van der Waals surface area contributed by atoms with Crippen molar-refractivity contribution < 1.29 is 19.1 Å². The summed E-state index contributed by atoms with van der Waals surface area (Å²) in [6.07, 6.45) is 3.77. The van der Waals surface area contributed by atoms with Crippen molar-refractivity contribution >= 4 is 23.2 Å². The monoisotopic (exact) mass is 309 g/mol. The van der Waals surface area contributed by atoms with E-state index in [4.69, 9.17) is 9.47 Å². The van der Waals surface area contributed by atoms with Crippen molar-refractivity contribution in [1.29, 1.82) is 0 Å². The SMILES string of the molecule is COC(=O)C1CN(C(=O)c2csc3c2CCCC3)CCO1. The number of methoxy groups -OCH3 is 1. The van der Waals surface area contributed by atoms with Gasteiger partial charge in [-0.25, -0.2) is 4.79 Å². The van der Waals surface area contributed by atoms with Crippen molar-refractivity contribution in [2.24, 2.45) is 0 Å². The fourth-order valence-electron chi connectivity index (χ4n) is 2.95. The lowest BCUT2D eigenvalue weighted by atomic mass is 9.95. The number of fused-ring (bicyclic) bond motifs is 1. The van der Waals surface area contributed by atoms with Crippen LogP contribution in [0.4, 0.5) is 0 Å². The number of carbonyl (C=O) groups is 2. The van der Waals surface area contributed by atoms with Gasteiger partial charge in [0.2, 0.25) is 0 Å². The molecule has 1 amide bonds. The van der Waals surface area contributed by atoms with Gasteiger partial charge in [0.05, 0.1) is 25.8 Å². The molecule has 1 aromatic heterocycles. The molecule has 0 saturated carbocycles. The highest BCUT2D eigenvalue weighted by atomic mass is 32.1. The summed E-state index contributed by atoms with van der Waals surface area (Å²) in [7, 11) is 1.34. The van der Waals surface area contributed by atoms with Gasteiger partial charge in [0.25, 0.3) is 5.91 Å². The molecule has 0 N–H and O–H groups in total. The Morgan fingerprint density at radius 2 is 2.19 bits per heavy atom. The predicted molar refractivity (Wildman–Crippen MR) is 78.6 cm³/mol. The van der Waals surface area contributed by atoms with Gasteiger partial charge in [-0.05, 0) is 31.2 Å². The van der Waals surface area contributed by atoms with Gasteiger partial charge in [0.1, 0.15) is 0 Å². The Morgan fingerprint density at radius 1 is 1.38 bits per heavy atom. The second-order valence-corrected chi connectivity index (χ2v) is 6.36. The lowest BCUT2D eigenvalue weighted by Gasteiger charge is -2.31.